The highest BCUT2D eigenvalue weighted by Crippen LogP contribution is 2.24. The molecule has 81 valence electrons. The molecule has 1 aromatic carbocycles. The summed E-state index contributed by atoms with van der Waals surface area (Å²) in [5.41, 5.74) is 5.20. The van der Waals surface area contributed by atoms with Crippen LogP contribution in [0, 0.1) is 12.2 Å². The topological polar surface area (TPSA) is 63.3 Å². The molecule has 15 heavy (non-hydrogen) atoms. The number of rotatable bonds is 4. The maximum atomic E-state index is 13.5. The van der Waals surface area contributed by atoms with E-state index >= 15 is 0 Å². The van der Waals surface area contributed by atoms with Gasteiger partial charge in [0.25, 0.3) is 0 Å². The van der Waals surface area contributed by atoms with Gasteiger partial charge in [-0.1, -0.05) is 17.7 Å². The van der Waals surface area contributed by atoms with Gasteiger partial charge < -0.3 is 10.8 Å². The van der Waals surface area contributed by atoms with Crippen LogP contribution in [-0.2, 0) is 0 Å². The number of nitrogens with two attached hydrogens (primary N) is 1. The van der Waals surface area contributed by atoms with Crippen molar-refractivity contribution in [3.63, 3.8) is 0 Å². The van der Waals surface area contributed by atoms with Crippen molar-refractivity contribution in [2.24, 2.45) is 5.73 Å². The van der Waals surface area contributed by atoms with Crippen LogP contribution in [0.25, 0.3) is 0 Å². The highest BCUT2D eigenvalue weighted by Gasteiger charge is 2.14. The lowest BCUT2D eigenvalue weighted by Gasteiger charge is -2.06. The SMILES string of the molecule is NC(=O)c1ccc([CH]CCO)c(F)c1Cl. The standard InChI is InChI=1S/C10H10ClFNO2/c11-8-7(10(13)15)4-3-6(9(8)12)2-1-5-14/h2-4,14H,1,5H2,(H2,13,15). The molecule has 0 bridgehead atoms. The lowest BCUT2D eigenvalue weighted by Crippen LogP contribution is -2.12. The third kappa shape index (κ3) is 2.67. The molecule has 0 saturated carbocycles. The van der Waals surface area contributed by atoms with E-state index in [0.29, 0.717) is 6.42 Å². The van der Waals surface area contributed by atoms with Crippen molar-refractivity contribution >= 4 is 17.5 Å². The summed E-state index contributed by atoms with van der Waals surface area (Å²) < 4.78 is 13.5. The van der Waals surface area contributed by atoms with Crippen LogP contribution in [0.5, 0.6) is 0 Å². The van der Waals surface area contributed by atoms with Gasteiger partial charge in [0.15, 0.2) is 0 Å². The van der Waals surface area contributed by atoms with Crippen molar-refractivity contribution in [1.29, 1.82) is 0 Å². The Balaban J connectivity index is 3.04. The Bertz CT molecular complexity index is 382. The molecule has 0 unspecified atom stereocenters. The van der Waals surface area contributed by atoms with Gasteiger partial charge in [0.2, 0.25) is 5.91 Å². The predicted octanol–water partition coefficient (Wildman–Crippen LogP) is 1.51. The monoisotopic (exact) mass is 230 g/mol. The molecule has 1 radical (unpaired) electrons. The van der Waals surface area contributed by atoms with Gasteiger partial charge in [-0.25, -0.2) is 4.39 Å². The summed E-state index contributed by atoms with van der Waals surface area (Å²) in [6.07, 6.45) is 1.81. The quantitative estimate of drug-likeness (QED) is 0.824. The van der Waals surface area contributed by atoms with Crippen LogP contribution in [0.1, 0.15) is 22.3 Å². The Kier molecular flexibility index (Phi) is 4.05. The van der Waals surface area contributed by atoms with Crippen molar-refractivity contribution in [3.8, 4) is 0 Å². The fourth-order valence-corrected chi connectivity index (χ4v) is 1.40. The zero-order chi connectivity index (χ0) is 11.4. The maximum absolute atomic E-state index is 13.5. The van der Waals surface area contributed by atoms with Crippen LogP contribution in [-0.4, -0.2) is 17.6 Å². The van der Waals surface area contributed by atoms with E-state index < -0.39 is 11.7 Å². The fourth-order valence-electron chi connectivity index (χ4n) is 1.13. The second-order valence-electron chi connectivity index (χ2n) is 2.91. The Labute approximate surface area is 91.7 Å². The largest absolute Gasteiger partial charge is 0.396 e. The summed E-state index contributed by atoms with van der Waals surface area (Å²) >= 11 is 5.61. The van der Waals surface area contributed by atoms with Gasteiger partial charge >= 0.3 is 0 Å². The van der Waals surface area contributed by atoms with E-state index in [2.05, 4.69) is 0 Å². The first-order valence-corrected chi connectivity index (χ1v) is 4.67. The minimum Gasteiger partial charge on any atom is -0.396 e. The zero-order valence-corrected chi connectivity index (χ0v) is 8.59. The molecule has 0 aliphatic rings. The summed E-state index contributed by atoms with van der Waals surface area (Å²) in [5.74, 6) is -1.46. The van der Waals surface area contributed by atoms with Gasteiger partial charge in [0, 0.05) is 6.61 Å². The fraction of sp³-hybridized carbons (Fsp3) is 0.200. The number of halogens is 2. The third-order valence-electron chi connectivity index (χ3n) is 1.87. The van der Waals surface area contributed by atoms with Crippen molar-refractivity contribution in [2.75, 3.05) is 6.61 Å². The first-order chi connectivity index (χ1) is 7.07. The summed E-state index contributed by atoms with van der Waals surface area (Å²) in [5, 5.41) is 8.29. The molecule has 0 heterocycles. The normalized spacial score (nSPS) is 10.3. The van der Waals surface area contributed by atoms with Crippen LogP contribution in [0.3, 0.4) is 0 Å². The molecule has 0 saturated heterocycles. The van der Waals surface area contributed by atoms with E-state index in [1.807, 2.05) is 0 Å². The first-order valence-electron chi connectivity index (χ1n) is 4.29. The van der Waals surface area contributed by atoms with Gasteiger partial charge in [-0.2, -0.15) is 0 Å². The van der Waals surface area contributed by atoms with Crippen LogP contribution < -0.4 is 5.73 Å². The molecule has 1 aromatic rings. The van der Waals surface area contributed by atoms with Gasteiger partial charge in [0.1, 0.15) is 5.82 Å². The number of amides is 1. The van der Waals surface area contributed by atoms with Crippen LogP contribution in [0.15, 0.2) is 12.1 Å². The van der Waals surface area contributed by atoms with Gasteiger partial charge in [-0.05, 0) is 24.5 Å². The summed E-state index contributed by atoms with van der Waals surface area (Å²) in [6, 6.07) is 2.76. The zero-order valence-electron chi connectivity index (χ0n) is 7.84. The second-order valence-corrected chi connectivity index (χ2v) is 3.29. The highest BCUT2D eigenvalue weighted by atomic mass is 35.5. The Hall–Kier alpha value is -1.13. The Morgan fingerprint density at radius 3 is 2.80 bits per heavy atom. The van der Waals surface area contributed by atoms with Gasteiger partial charge in [-0.15, -0.1) is 0 Å². The molecule has 0 aromatic heterocycles. The lowest BCUT2D eigenvalue weighted by atomic mass is 10.1. The van der Waals surface area contributed by atoms with Crippen molar-refractivity contribution in [1.82, 2.24) is 0 Å². The first kappa shape index (κ1) is 11.9. The Morgan fingerprint density at radius 1 is 1.60 bits per heavy atom. The number of benzene rings is 1. The number of carbonyl (C=O) groups is 1. The summed E-state index contributed by atoms with van der Waals surface area (Å²) in [7, 11) is 0. The molecule has 0 aliphatic carbocycles. The number of carbonyl (C=O) groups excluding carboxylic acids is 1. The molecule has 0 fully saturated rings. The number of hydrogen-bond acceptors (Lipinski definition) is 2. The minimum absolute atomic E-state index is 0.0460. The van der Waals surface area contributed by atoms with Gasteiger partial charge in [0.05, 0.1) is 10.6 Å². The molecule has 5 heteroatoms. The molecular formula is C10H10ClFNO2. The number of primary amides is 1. The van der Waals surface area contributed by atoms with Crippen LogP contribution in [0.2, 0.25) is 5.02 Å². The van der Waals surface area contributed by atoms with Crippen molar-refractivity contribution in [3.05, 3.63) is 40.5 Å². The Morgan fingerprint density at radius 2 is 2.27 bits per heavy atom. The summed E-state index contributed by atoms with van der Waals surface area (Å²) in [4.78, 5) is 10.8. The number of aliphatic hydroxyl groups is 1. The predicted molar refractivity (Wildman–Crippen MR) is 55.0 cm³/mol. The lowest BCUT2D eigenvalue weighted by molar-refractivity contribution is 0.1000. The molecule has 3 nitrogen and oxygen atoms in total. The van der Waals surface area contributed by atoms with E-state index in [1.54, 1.807) is 0 Å². The second kappa shape index (κ2) is 5.09. The molecule has 0 atom stereocenters. The average molecular weight is 231 g/mol. The van der Waals surface area contributed by atoms with Crippen molar-refractivity contribution in [2.45, 2.75) is 6.42 Å². The number of hydrogen-bond donors (Lipinski definition) is 2. The van der Waals surface area contributed by atoms with Gasteiger partial charge in [-0.3, -0.25) is 4.79 Å². The molecular weight excluding hydrogens is 221 g/mol. The van der Waals surface area contributed by atoms with E-state index in [1.165, 1.54) is 18.6 Å². The van der Waals surface area contributed by atoms with Crippen LogP contribution in [0.4, 0.5) is 4.39 Å². The molecule has 1 amide bonds. The average Bonchev–Trinajstić information content (AvgIpc) is 2.20. The maximum Gasteiger partial charge on any atom is 0.250 e. The molecule has 3 N–H and O–H groups in total. The smallest absolute Gasteiger partial charge is 0.250 e. The third-order valence-corrected chi connectivity index (χ3v) is 2.24. The van der Waals surface area contributed by atoms with Crippen molar-refractivity contribution < 1.29 is 14.3 Å². The molecule has 0 spiro atoms. The van der Waals surface area contributed by atoms with E-state index in [0.717, 1.165) is 0 Å². The number of aliphatic hydroxyl groups excluding tert-OH is 1. The van der Waals surface area contributed by atoms with E-state index in [-0.39, 0.29) is 22.8 Å². The van der Waals surface area contributed by atoms with Crippen LogP contribution >= 0.6 is 11.6 Å². The minimum atomic E-state index is -0.771. The van der Waals surface area contributed by atoms with E-state index in [4.69, 9.17) is 22.4 Å². The molecule has 0 aliphatic heterocycles. The molecule has 1 rings (SSSR count). The highest BCUT2D eigenvalue weighted by molar-refractivity contribution is 6.34. The summed E-state index contributed by atoms with van der Waals surface area (Å²) in [6.45, 7) is -0.0748. The van der Waals surface area contributed by atoms with E-state index in [9.17, 15) is 9.18 Å².